The number of hydrogen-bond acceptors (Lipinski definition) is 3. The number of benzene rings is 1. The van der Waals surface area contributed by atoms with Crippen molar-refractivity contribution in [1.82, 2.24) is 10.3 Å². The van der Waals surface area contributed by atoms with E-state index in [0.717, 1.165) is 10.2 Å². The van der Waals surface area contributed by atoms with Crippen LogP contribution in [0.3, 0.4) is 0 Å². The van der Waals surface area contributed by atoms with Crippen LogP contribution in [-0.2, 0) is 0 Å². The van der Waals surface area contributed by atoms with Crippen LogP contribution in [0.25, 0.3) is 10.2 Å². The Bertz CT molecular complexity index is 495. The van der Waals surface area contributed by atoms with Gasteiger partial charge in [-0.1, -0.05) is 11.6 Å². The number of carbonyl (C=O) groups is 1. The van der Waals surface area contributed by atoms with Crippen molar-refractivity contribution in [3.63, 3.8) is 0 Å². The first kappa shape index (κ1) is 9.43. The van der Waals surface area contributed by atoms with Crippen molar-refractivity contribution >= 4 is 39.1 Å². The number of carbonyl (C=O) groups excluding carboxylic acids is 1. The normalized spacial score (nSPS) is 10.4. The molecule has 0 saturated heterocycles. The summed E-state index contributed by atoms with van der Waals surface area (Å²) in [5, 5.41) is 3.65. The summed E-state index contributed by atoms with van der Waals surface area (Å²) >= 11 is 7.16. The van der Waals surface area contributed by atoms with E-state index in [-0.39, 0.29) is 5.91 Å². The molecule has 0 radical (unpaired) electrons. The fourth-order valence-electron chi connectivity index (χ4n) is 1.10. The Kier molecular flexibility index (Phi) is 2.39. The largest absolute Gasteiger partial charge is 0.353 e. The van der Waals surface area contributed by atoms with Crippen LogP contribution >= 0.6 is 22.9 Å². The van der Waals surface area contributed by atoms with Crippen molar-refractivity contribution in [2.24, 2.45) is 0 Å². The zero-order valence-electron chi connectivity index (χ0n) is 7.37. The lowest BCUT2D eigenvalue weighted by molar-refractivity contribution is 0.0963. The van der Waals surface area contributed by atoms with E-state index < -0.39 is 0 Å². The summed E-state index contributed by atoms with van der Waals surface area (Å²) in [6.45, 7) is 0. The molecule has 1 N–H and O–H groups in total. The molecular weight excluding hydrogens is 220 g/mol. The van der Waals surface area contributed by atoms with E-state index in [4.69, 9.17) is 11.6 Å². The summed E-state index contributed by atoms with van der Waals surface area (Å²) in [6, 6.07) is 5.37. The third-order valence-electron chi connectivity index (χ3n) is 1.77. The second-order valence-electron chi connectivity index (χ2n) is 2.71. The lowest BCUT2D eigenvalue weighted by atomic mass is 10.3. The van der Waals surface area contributed by atoms with Crippen LogP contribution < -0.4 is 5.32 Å². The van der Waals surface area contributed by atoms with Gasteiger partial charge in [-0.25, -0.2) is 4.98 Å². The van der Waals surface area contributed by atoms with Gasteiger partial charge in [0.25, 0.3) is 5.91 Å². The molecule has 0 fully saturated rings. The molecule has 1 heterocycles. The quantitative estimate of drug-likeness (QED) is 0.811. The summed E-state index contributed by atoms with van der Waals surface area (Å²) in [5.74, 6) is -0.165. The van der Waals surface area contributed by atoms with Gasteiger partial charge in [0.1, 0.15) is 0 Å². The Labute approximate surface area is 89.7 Å². The number of rotatable bonds is 1. The van der Waals surface area contributed by atoms with E-state index in [2.05, 4.69) is 10.3 Å². The lowest BCUT2D eigenvalue weighted by Gasteiger charge is -1.89. The van der Waals surface area contributed by atoms with E-state index in [1.54, 1.807) is 25.2 Å². The van der Waals surface area contributed by atoms with E-state index in [1.807, 2.05) is 0 Å². The van der Waals surface area contributed by atoms with E-state index in [1.165, 1.54) is 11.3 Å². The number of halogens is 1. The SMILES string of the molecule is CNC(=O)c1nc2ccc(Cl)cc2s1. The molecular formula is C9H7ClN2OS. The van der Waals surface area contributed by atoms with Gasteiger partial charge in [-0.05, 0) is 18.2 Å². The van der Waals surface area contributed by atoms with Crippen LogP contribution in [0.2, 0.25) is 5.02 Å². The van der Waals surface area contributed by atoms with Crippen LogP contribution in [0, 0.1) is 0 Å². The first-order chi connectivity index (χ1) is 6.70. The molecule has 0 spiro atoms. The number of hydrogen-bond donors (Lipinski definition) is 1. The molecule has 0 aliphatic carbocycles. The molecule has 0 unspecified atom stereocenters. The molecule has 0 saturated carbocycles. The molecule has 0 aliphatic heterocycles. The van der Waals surface area contributed by atoms with Gasteiger partial charge in [0.15, 0.2) is 5.01 Å². The molecule has 72 valence electrons. The zero-order chi connectivity index (χ0) is 10.1. The lowest BCUT2D eigenvalue weighted by Crippen LogP contribution is -2.17. The third-order valence-corrected chi connectivity index (χ3v) is 3.02. The maximum atomic E-state index is 11.3. The van der Waals surface area contributed by atoms with Crippen LogP contribution in [0.15, 0.2) is 18.2 Å². The maximum Gasteiger partial charge on any atom is 0.280 e. The van der Waals surface area contributed by atoms with Crippen molar-refractivity contribution in [2.75, 3.05) is 7.05 Å². The first-order valence-corrected chi connectivity index (χ1v) is 5.18. The minimum atomic E-state index is -0.165. The highest BCUT2D eigenvalue weighted by molar-refractivity contribution is 7.20. The fraction of sp³-hybridized carbons (Fsp3) is 0.111. The van der Waals surface area contributed by atoms with Gasteiger partial charge in [-0.2, -0.15) is 0 Å². The Morgan fingerprint density at radius 3 is 3.07 bits per heavy atom. The Morgan fingerprint density at radius 1 is 1.57 bits per heavy atom. The topological polar surface area (TPSA) is 42.0 Å². The van der Waals surface area contributed by atoms with Crippen molar-refractivity contribution in [2.45, 2.75) is 0 Å². The first-order valence-electron chi connectivity index (χ1n) is 3.99. The van der Waals surface area contributed by atoms with E-state index >= 15 is 0 Å². The minimum absolute atomic E-state index is 0.165. The summed E-state index contributed by atoms with van der Waals surface area (Å²) in [5.41, 5.74) is 0.804. The van der Waals surface area contributed by atoms with E-state index in [0.29, 0.717) is 10.0 Å². The molecule has 2 aromatic rings. The summed E-state index contributed by atoms with van der Waals surface area (Å²) in [7, 11) is 1.58. The summed E-state index contributed by atoms with van der Waals surface area (Å²) < 4.78 is 0.927. The van der Waals surface area contributed by atoms with Crippen molar-refractivity contribution < 1.29 is 4.79 Å². The Hall–Kier alpha value is -1.13. The third kappa shape index (κ3) is 1.58. The molecule has 0 bridgehead atoms. The second kappa shape index (κ2) is 3.55. The van der Waals surface area contributed by atoms with Gasteiger partial charge < -0.3 is 5.32 Å². The maximum absolute atomic E-state index is 11.3. The zero-order valence-corrected chi connectivity index (χ0v) is 8.95. The number of nitrogens with one attached hydrogen (secondary N) is 1. The molecule has 0 aliphatic rings. The molecule has 14 heavy (non-hydrogen) atoms. The smallest absolute Gasteiger partial charge is 0.280 e. The predicted molar refractivity (Wildman–Crippen MR) is 58.0 cm³/mol. The molecule has 1 aromatic heterocycles. The van der Waals surface area contributed by atoms with Crippen molar-refractivity contribution in [3.8, 4) is 0 Å². The fourth-order valence-corrected chi connectivity index (χ4v) is 2.29. The Morgan fingerprint density at radius 2 is 2.36 bits per heavy atom. The number of nitrogens with zero attached hydrogens (tertiary/aromatic N) is 1. The van der Waals surface area contributed by atoms with Gasteiger partial charge in [0, 0.05) is 12.1 Å². The minimum Gasteiger partial charge on any atom is -0.353 e. The molecule has 5 heteroatoms. The van der Waals surface area contributed by atoms with Crippen LogP contribution in [0.5, 0.6) is 0 Å². The molecule has 3 nitrogen and oxygen atoms in total. The molecule has 2 rings (SSSR count). The number of amides is 1. The van der Waals surface area contributed by atoms with Gasteiger partial charge >= 0.3 is 0 Å². The summed E-state index contributed by atoms with van der Waals surface area (Å²) in [6.07, 6.45) is 0. The standard InChI is InChI=1S/C9H7ClN2OS/c1-11-8(13)9-12-6-3-2-5(10)4-7(6)14-9/h2-4H,1H3,(H,11,13). The molecule has 0 atom stereocenters. The van der Waals surface area contributed by atoms with E-state index in [9.17, 15) is 4.79 Å². The average Bonchev–Trinajstić information content (AvgIpc) is 2.59. The predicted octanol–water partition coefficient (Wildman–Crippen LogP) is 2.31. The second-order valence-corrected chi connectivity index (χ2v) is 4.18. The Balaban J connectivity index is 2.56. The molecule has 1 aromatic carbocycles. The van der Waals surface area contributed by atoms with Crippen LogP contribution in [0.1, 0.15) is 9.80 Å². The van der Waals surface area contributed by atoms with Gasteiger partial charge in [0.05, 0.1) is 10.2 Å². The highest BCUT2D eigenvalue weighted by atomic mass is 35.5. The molecule has 1 amide bonds. The summed E-state index contributed by atoms with van der Waals surface area (Å²) in [4.78, 5) is 15.4. The number of fused-ring (bicyclic) bond motifs is 1. The highest BCUT2D eigenvalue weighted by Crippen LogP contribution is 2.24. The van der Waals surface area contributed by atoms with Gasteiger partial charge in [-0.15, -0.1) is 11.3 Å². The monoisotopic (exact) mass is 226 g/mol. The average molecular weight is 227 g/mol. The van der Waals surface area contributed by atoms with Gasteiger partial charge in [-0.3, -0.25) is 4.79 Å². The van der Waals surface area contributed by atoms with Gasteiger partial charge in [0.2, 0.25) is 0 Å². The van der Waals surface area contributed by atoms with Crippen LogP contribution in [0.4, 0.5) is 0 Å². The van der Waals surface area contributed by atoms with Crippen molar-refractivity contribution in [3.05, 3.63) is 28.2 Å². The van der Waals surface area contributed by atoms with Crippen molar-refractivity contribution in [1.29, 1.82) is 0 Å². The van der Waals surface area contributed by atoms with Crippen LogP contribution in [-0.4, -0.2) is 17.9 Å². The number of aromatic nitrogens is 1. The highest BCUT2D eigenvalue weighted by Gasteiger charge is 2.09. The number of thiazole rings is 1.